The first-order chi connectivity index (χ1) is 73.2. The van der Waals surface area contributed by atoms with Crippen molar-refractivity contribution in [3.05, 3.63) is 222 Å². The number of methoxy groups -OCH3 is 4. The van der Waals surface area contributed by atoms with Gasteiger partial charge in [0.1, 0.15) is 98.2 Å². The molecule has 0 spiro atoms. The van der Waals surface area contributed by atoms with Crippen molar-refractivity contribution in [3.63, 3.8) is 0 Å². The standard InChI is InChI=1S/C28H29N7O3.C28H28N6O4.C28H25N5O3.C27H27N7O4/c1-29-26(36)17-10-11-21(23(13-17)37-3)32-28-33-25-24(27(34-28)38-19-6-4-5-7-19)20(15-30-25)16-8-9-18-14-31-35(2)22(18)12-16;1-15-19-10-8-16(12-22(19)38-34-15)20-14-30-25-24(20)27(37-18-6-4-5-7-18)33-28(32-25)31-21-11-9-17(26(35)29-2)13-23(21)36-3;1-16-31-22-10-9-18(12-24(22)35-16)21-15-30-27-26(21)28(36-20-5-3-4-6-20)33-25(32-27)13-19-8-7-17(14-29)11-23(19)34-2;1-14-31-18-9-8-15(10-22(18)37-14)17-12-30-24-23(17)26(38-16-6-4-5-7-16)34-27(33-24)32-20-13-29-19(25(35)28-2)11-21(20)36-3/h8-15,19H,4-7H2,1-3H3,(H,29,36)(H2,30,32,33,34);8-14,18H,4-7H2,1-3H3,(H,29,35)(H2,30,31,32,33);7-12,15,20H,3-6,13H2,1-2H3,(H,30,32,33);8-13,16H,4-7H2,1-3H3,(H,28,35)(H2,30,32,33,34). The largest absolute Gasteiger partial charge is 0.496 e. The topological polar surface area (TPSA) is 496 Å². The molecule has 39 nitrogen and oxygen atoms in total. The van der Waals surface area contributed by atoms with Crippen LogP contribution >= 0.6 is 0 Å². The second kappa shape index (κ2) is 42.8. The number of aryl methyl sites for hydroxylation is 4. The summed E-state index contributed by atoms with van der Waals surface area (Å²) in [5.74, 6) is 6.40. The number of oxazole rings is 2. The van der Waals surface area contributed by atoms with Crippen molar-refractivity contribution >= 4 is 141 Å². The maximum Gasteiger partial charge on any atom is 0.269 e. The lowest BCUT2D eigenvalue weighted by atomic mass is 10.0. The Kier molecular flexibility index (Phi) is 27.9. The van der Waals surface area contributed by atoms with Gasteiger partial charge in [0.2, 0.25) is 41.4 Å². The van der Waals surface area contributed by atoms with E-state index < -0.39 is 0 Å². The summed E-state index contributed by atoms with van der Waals surface area (Å²) in [6, 6.07) is 43.6. The minimum Gasteiger partial charge on any atom is -0.496 e. The van der Waals surface area contributed by atoms with Gasteiger partial charge in [-0.05, 0) is 223 Å². The first kappa shape index (κ1) is 97.8. The SMILES string of the molecule is CNC(=O)c1cc(OC)c(Nc2nc(OC3CCCC3)c3c(-c4ccc5nc(C)oc5c4)c[nH]c3n2)cn1.CNC(=O)c1ccc(Nc2nc(OC3CCCC3)c3c(-c4ccc5c(C)noc5c4)c[nH]c3n2)c(OC)c1.CNC(=O)c1ccc(Nc2nc(OC3CCCC3)c3c(-c4ccc5cnn(C)c5c4)c[nH]c3n2)c(OC)c1.COc1cc(C#N)ccc1Cc1nc(OC2CCCC2)c2c(-c3ccc4nc(C)oc4c3)c[nH]c2n1. The third kappa shape index (κ3) is 20.5. The van der Waals surface area contributed by atoms with E-state index in [1.54, 1.807) is 97.1 Å². The summed E-state index contributed by atoms with van der Waals surface area (Å²) in [6.07, 6.45) is 29.1. The van der Waals surface area contributed by atoms with Gasteiger partial charge in [0.25, 0.3) is 17.7 Å². The van der Waals surface area contributed by atoms with Gasteiger partial charge in [0, 0.05) is 129 Å². The Bertz CT molecular complexity index is 8350. The molecule has 0 aliphatic heterocycles. The minimum absolute atomic E-state index is 0.0890. The van der Waals surface area contributed by atoms with E-state index in [1.807, 2.05) is 124 Å². The molecular weight excluding hydrogens is 1910 g/mol. The molecule has 0 atom stereocenters. The van der Waals surface area contributed by atoms with E-state index >= 15 is 0 Å². The van der Waals surface area contributed by atoms with Crippen LogP contribution in [-0.2, 0) is 13.5 Å². The van der Waals surface area contributed by atoms with Crippen molar-refractivity contribution in [3.8, 4) is 97.1 Å². The number of aromatic amines is 4. The van der Waals surface area contributed by atoms with E-state index in [-0.39, 0.29) is 47.8 Å². The number of benzene rings is 7. The average Bonchev–Trinajstić information content (AvgIpc) is 1.62. The fourth-order valence-corrected chi connectivity index (χ4v) is 19.8. The first-order valence-electron chi connectivity index (χ1n) is 49.9. The van der Waals surface area contributed by atoms with Gasteiger partial charge < -0.3 is 103 Å². The Hall–Kier alpha value is -18.2. The zero-order chi connectivity index (χ0) is 103. The van der Waals surface area contributed by atoms with Crippen molar-refractivity contribution in [1.29, 1.82) is 5.26 Å². The number of hydrogen-bond acceptors (Lipinski definition) is 31. The molecule has 7 aromatic carbocycles. The number of carbonyl (C=O) groups is 3. The van der Waals surface area contributed by atoms with Crippen molar-refractivity contribution in [2.45, 2.75) is 154 Å². The summed E-state index contributed by atoms with van der Waals surface area (Å²) in [6.45, 7) is 5.60. The molecule has 4 fully saturated rings. The summed E-state index contributed by atoms with van der Waals surface area (Å²) in [5, 5.41) is 40.5. The van der Waals surface area contributed by atoms with Gasteiger partial charge in [-0.2, -0.15) is 45.2 Å². The highest BCUT2D eigenvalue weighted by atomic mass is 16.5. The van der Waals surface area contributed by atoms with Crippen LogP contribution in [0, 0.1) is 32.1 Å². The van der Waals surface area contributed by atoms with Crippen LogP contribution in [0.15, 0.2) is 184 Å². The Morgan fingerprint density at radius 3 is 1.29 bits per heavy atom. The molecule has 10 N–H and O–H groups in total. The summed E-state index contributed by atoms with van der Waals surface area (Å²) in [7, 11) is 12.9. The predicted octanol–water partition coefficient (Wildman–Crippen LogP) is 21.2. The predicted molar refractivity (Wildman–Crippen MR) is 567 cm³/mol. The zero-order valence-electron chi connectivity index (χ0n) is 84.4. The Morgan fingerprint density at radius 2 is 0.840 bits per heavy atom. The zero-order valence-corrected chi connectivity index (χ0v) is 84.4. The third-order valence-electron chi connectivity index (χ3n) is 27.4. The van der Waals surface area contributed by atoms with Crippen LogP contribution in [-0.4, -0.2) is 181 Å². The van der Waals surface area contributed by atoms with Crippen molar-refractivity contribution < 1.29 is 65.6 Å². The fraction of sp³-hybridized carbons (Fsp3) is 0.288. The second-order valence-corrected chi connectivity index (χ2v) is 37.2. The monoisotopic (exact) mass is 2020 g/mol. The van der Waals surface area contributed by atoms with Crippen molar-refractivity contribution in [1.82, 2.24) is 106 Å². The molecule has 3 amide bonds. The lowest BCUT2D eigenvalue weighted by Gasteiger charge is -2.16. The summed E-state index contributed by atoms with van der Waals surface area (Å²) >= 11 is 0. The number of pyridine rings is 1. The highest BCUT2D eigenvalue weighted by molar-refractivity contribution is 6.05. The Morgan fingerprint density at radius 1 is 0.427 bits per heavy atom. The lowest BCUT2D eigenvalue weighted by Crippen LogP contribution is -2.19. The molecule has 0 unspecified atom stereocenters. The van der Waals surface area contributed by atoms with E-state index in [0.29, 0.717) is 150 Å². The van der Waals surface area contributed by atoms with Gasteiger partial charge in [-0.15, -0.1) is 0 Å². The summed E-state index contributed by atoms with van der Waals surface area (Å²) < 4.78 is 66.9. The van der Waals surface area contributed by atoms with Gasteiger partial charge in [0.05, 0.1) is 96.6 Å². The summed E-state index contributed by atoms with van der Waals surface area (Å²) in [5.41, 5.74) is 20.4. The number of nitrogens with zero attached hydrogens (tertiary/aromatic N) is 15. The average molecular weight is 2020 g/mol. The second-order valence-electron chi connectivity index (χ2n) is 37.2. The molecule has 20 aromatic rings. The number of aromatic nitrogens is 18. The van der Waals surface area contributed by atoms with E-state index in [9.17, 15) is 19.6 Å². The molecular formula is C111H109N25O14. The normalized spacial score (nSPS) is 13.8. The minimum atomic E-state index is -0.308. The van der Waals surface area contributed by atoms with Crippen LogP contribution in [0.25, 0.3) is 133 Å². The first-order valence-corrected chi connectivity index (χ1v) is 49.9. The number of nitrogens with one attached hydrogen (secondary N) is 10. The molecule has 150 heavy (non-hydrogen) atoms. The van der Waals surface area contributed by atoms with Gasteiger partial charge >= 0.3 is 0 Å². The molecule has 13 aromatic heterocycles. The number of fused-ring (bicyclic) bond motifs is 8. The molecule has 4 aliphatic carbocycles. The number of ether oxygens (including phenoxy) is 8. The van der Waals surface area contributed by atoms with Crippen LogP contribution in [0.5, 0.6) is 46.5 Å². The van der Waals surface area contributed by atoms with Crippen LogP contribution in [0.2, 0.25) is 0 Å². The van der Waals surface area contributed by atoms with Gasteiger partial charge in [-0.1, -0.05) is 41.6 Å². The molecule has 762 valence electrons. The summed E-state index contributed by atoms with van der Waals surface area (Å²) in [4.78, 5) is 101. The fourth-order valence-electron chi connectivity index (χ4n) is 19.8. The smallest absolute Gasteiger partial charge is 0.269 e. The van der Waals surface area contributed by atoms with E-state index in [4.69, 9.17) is 91.1 Å². The number of rotatable bonds is 27. The highest BCUT2D eigenvalue weighted by Gasteiger charge is 2.31. The van der Waals surface area contributed by atoms with Gasteiger partial charge in [0.15, 0.2) is 28.5 Å². The number of amides is 3. The maximum absolute atomic E-state index is 12.1. The molecule has 24 rings (SSSR count). The highest BCUT2D eigenvalue weighted by Crippen LogP contribution is 2.46. The quantitative estimate of drug-likeness (QED) is 0.0229. The van der Waals surface area contributed by atoms with Crippen LogP contribution in [0.1, 0.15) is 168 Å². The molecule has 39 heteroatoms. The molecule has 0 bridgehead atoms. The van der Waals surface area contributed by atoms with E-state index in [0.717, 1.165) is 219 Å². The Balaban J connectivity index is 0.000000117. The lowest BCUT2D eigenvalue weighted by molar-refractivity contribution is 0.0951. The van der Waals surface area contributed by atoms with Crippen LogP contribution in [0.3, 0.4) is 0 Å². The third-order valence-corrected chi connectivity index (χ3v) is 27.4. The van der Waals surface area contributed by atoms with Crippen LogP contribution < -0.4 is 69.8 Å². The van der Waals surface area contributed by atoms with Gasteiger partial charge in [-0.25, -0.2) is 19.9 Å². The van der Waals surface area contributed by atoms with E-state index in [2.05, 4.69) is 101 Å². The number of H-pyrrole nitrogens is 4. The van der Waals surface area contributed by atoms with Crippen LogP contribution in [0.4, 0.5) is 34.9 Å². The number of nitriles is 1. The molecule has 4 aliphatic rings. The number of carbonyl (C=O) groups excluding carboxylic acids is 3. The Labute approximate surface area is 858 Å². The number of hydrogen-bond donors (Lipinski definition) is 10. The van der Waals surface area contributed by atoms with Crippen molar-refractivity contribution in [2.24, 2.45) is 7.05 Å². The molecule has 0 saturated heterocycles. The maximum atomic E-state index is 12.1. The van der Waals surface area contributed by atoms with Gasteiger partial charge in [-0.3, -0.25) is 19.1 Å². The molecule has 13 heterocycles. The van der Waals surface area contributed by atoms with E-state index in [1.165, 1.54) is 13.3 Å². The molecule has 4 saturated carbocycles. The molecule has 0 radical (unpaired) electrons. The number of anilines is 6. The van der Waals surface area contributed by atoms with Crippen molar-refractivity contribution in [2.75, 3.05) is 65.5 Å².